The summed E-state index contributed by atoms with van der Waals surface area (Å²) in [5.41, 5.74) is 5.54. The van der Waals surface area contributed by atoms with Crippen LogP contribution >= 0.6 is 0 Å². The minimum atomic E-state index is -2.94. The van der Waals surface area contributed by atoms with Crippen molar-refractivity contribution in [2.75, 3.05) is 26.2 Å². The first-order valence-electron chi connectivity index (χ1n) is 7.64. The van der Waals surface area contributed by atoms with E-state index in [9.17, 15) is 13.6 Å². The number of halogens is 2. The van der Waals surface area contributed by atoms with Gasteiger partial charge < -0.3 is 15.4 Å². The maximum absolute atomic E-state index is 13.5. The van der Waals surface area contributed by atoms with Crippen LogP contribution in [-0.4, -0.2) is 66.2 Å². The molecule has 0 spiro atoms. The highest BCUT2D eigenvalue weighted by molar-refractivity contribution is 5.68. The van der Waals surface area contributed by atoms with Crippen LogP contribution in [-0.2, 0) is 4.74 Å². The molecule has 1 saturated carbocycles. The number of carbonyl (C=O) groups is 1. The van der Waals surface area contributed by atoms with E-state index < -0.39 is 24.2 Å². The van der Waals surface area contributed by atoms with Crippen LogP contribution in [0.2, 0.25) is 0 Å². The van der Waals surface area contributed by atoms with Gasteiger partial charge in [-0.3, -0.25) is 4.90 Å². The van der Waals surface area contributed by atoms with Crippen LogP contribution in [0.3, 0.4) is 0 Å². The van der Waals surface area contributed by atoms with Gasteiger partial charge in [0.25, 0.3) is 5.92 Å². The topological polar surface area (TPSA) is 58.8 Å². The lowest BCUT2D eigenvalue weighted by atomic mass is 9.89. The molecule has 7 heteroatoms. The Labute approximate surface area is 124 Å². The molecular formula is C14H25F2N3O2. The van der Waals surface area contributed by atoms with Gasteiger partial charge in [0, 0.05) is 38.6 Å². The maximum Gasteiger partial charge on any atom is 0.410 e. The minimum Gasteiger partial charge on any atom is -0.444 e. The number of ether oxygens (including phenoxy) is 1. The number of alkyl halides is 2. The molecule has 1 amide bonds. The molecule has 2 atom stereocenters. The molecule has 2 N–H and O–H groups in total. The monoisotopic (exact) mass is 305 g/mol. The number of amides is 1. The fraction of sp³-hybridized carbons (Fsp3) is 0.929. The quantitative estimate of drug-likeness (QED) is 0.843. The molecule has 5 nitrogen and oxygen atoms in total. The van der Waals surface area contributed by atoms with Crippen LogP contribution in [0.15, 0.2) is 0 Å². The third-order valence-electron chi connectivity index (χ3n) is 4.44. The number of hydrogen-bond acceptors (Lipinski definition) is 4. The summed E-state index contributed by atoms with van der Waals surface area (Å²) >= 11 is 0. The van der Waals surface area contributed by atoms with E-state index in [-0.39, 0.29) is 6.42 Å². The largest absolute Gasteiger partial charge is 0.444 e. The van der Waals surface area contributed by atoms with Crippen molar-refractivity contribution in [1.29, 1.82) is 0 Å². The number of nitrogens with two attached hydrogens (primary N) is 1. The first-order chi connectivity index (χ1) is 9.81. The molecule has 2 aliphatic rings. The van der Waals surface area contributed by atoms with Crippen LogP contribution in [0.1, 0.15) is 33.1 Å². The first-order valence-corrected chi connectivity index (χ1v) is 7.64. The summed E-state index contributed by atoms with van der Waals surface area (Å²) in [6.45, 7) is 6.90. The molecule has 1 aliphatic carbocycles. The van der Waals surface area contributed by atoms with Crippen molar-refractivity contribution in [2.24, 2.45) is 5.73 Å². The molecule has 0 radical (unpaired) electrons. The van der Waals surface area contributed by atoms with E-state index in [1.807, 2.05) is 0 Å². The third kappa shape index (κ3) is 3.83. The van der Waals surface area contributed by atoms with Gasteiger partial charge in [-0.1, -0.05) is 0 Å². The number of piperazine rings is 1. The molecule has 1 saturated heterocycles. The summed E-state index contributed by atoms with van der Waals surface area (Å²) in [5, 5.41) is 0. The fourth-order valence-electron chi connectivity index (χ4n) is 2.91. The molecule has 0 aromatic carbocycles. The van der Waals surface area contributed by atoms with Gasteiger partial charge in [0.05, 0.1) is 0 Å². The van der Waals surface area contributed by atoms with Crippen molar-refractivity contribution >= 4 is 6.09 Å². The molecule has 2 fully saturated rings. The lowest BCUT2D eigenvalue weighted by Gasteiger charge is -2.39. The Morgan fingerprint density at radius 1 is 1.29 bits per heavy atom. The average Bonchev–Trinajstić information content (AvgIpc) is 2.44. The molecule has 2 rings (SSSR count). The fourth-order valence-corrected chi connectivity index (χ4v) is 2.91. The summed E-state index contributed by atoms with van der Waals surface area (Å²) in [6.07, 6.45) is -0.885. The standard InChI is InChI=1S/C14H25F2N3O2/c1-10(2)18-6-8-19(9-7-18)13(20)21-11-4-3-5-14(15,16)12(11)17/h10-12H,3-9,17H2,1-2H3/t11-,12+/m0/s1. The predicted octanol–water partition coefficient (Wildman–Crippen LogP) is 1.66. The molecule has 0 unspecified atom stereocenters. The Kier molecular flexibility index (Phi) is 5.03. The second-order valence-electron chi connectivity index (χ2n) is 6.22. The highest BCUT2D eigenvalue weighted by Crippen LogP contribution is 2.34. The molecule has 0 aromatic heterocycles. The van der Waals surface area contributed by atoms with Crippen LogP contribution in [0.25, 0.3) is 0 Å². The van der Waals surface area contributed by atoms with Crippen LogP contribution < -0.4 is 5.73 Å². The molecule has 1 heterocycles. The molecule has 122 valence electrons. The van der Waals surface area contributed by atoms with Crippen molar-refractivity contribution < 1.29 is 18.3 Å². The number of hydrogen-bond donors (Lipinski definition) is 1. The van der Waals surface area contributed by atoms with Gasteiger partial charge in [-0.05, 0) is 26.7 Å². The van der Waals surface area contributed by atoms with Gasteiger partial charge in [0.15, 0.2) is 0 Å². The van der Waals surface area contributed by atoms with E-state index in [0.717, 1.165) is 13.1 Å². The molecule has 0 aromatic rings. The third-order valence-corrected chi connectivity index (χ3v) is 4.44. The Bertz CT molecular complexity index is 371. The zero-order chi connectivity index (χ0) is 15.6. The lowest BCUT2D eigenvalue weighted by Crippen LogP contribution is -2.56. The Balaban J connectivity index is 1.85. The normalized spacial score (nSPS) is 30.5. The molecule has 21 heavy (non-hydrogen) atoms. The van der Waals surface area contributed by atoms with E-state index in [1.165, 1.54) is 0 Å². The summed E-state index contributed by atoms with van der Waals surface area (Å²) in [6, 6.07) is -0.958. The van der Waals surface area contributed by atoms with Gasteiger partial charge in [-0.15, -0.1) is 0 Å². The van der Waals surface area contributed by atoms with Crippen molar-refractivity contribution in [3.63, 3.8) is 0 Å². The first kappa shape index (κ1) is 16.4. The molecule has 1 aliphatic heterocycles. The summed E-state index contributed by atoms with van der Waals surface area (Å²) in [4.78, 5) is 15.9. The zero-order valence-electron chi connectivity index (χ0n) is 12.7. The second kappa shape index (κ2) is 6.44. The number of nitrogens with zero attached hydrogens (tertiary/aromatic N) is 2. The predicted molar refractivity (Wildman–Crippen MR) is 75.3 cm³/mol. The van der Waals surface area contributed by atoms with E-state index in [1.54, 1.807) is 4.90 Å². The highest BCUT2D eigenvalue weighted by Gasteiger charge is 2.46. The van der Waals surface area contributed by atoms with Crippen molar-refractivity contribution in [3.05, 3.63) is 0 Å². The maximum atomic E-state index is 13.5. The summed E-state index contributed by atoms with van der Waals surface area (Å²) in [7, 11) is 0. The highest BCUT2D eigenvalue weighted by atomic mass is 19.3. The molecule has 0 bridgehead atoms. The lowest BCUT2D eigenvalue weighted by molar-refractivity contribution is -0.101. The second-order valence-corrected chi connectivity index (χ2v) is 6.22. The van der Waals surface area contributed by atoms with Gasteiger partial charge in [-0.2, -0.15) is 0 Å². The van der Waals surface area contributed by atoms with Crippen molar-refractivity contribution in [3.8, 4) is 0 Å². The minimum absolute atomic E-state index is 0.227. The average molecular weight is 305 g/mol. The number of carbonyl (C=O) groups excluding carboxylic acids is 1. The Hall–Kier alpha value is -0.950. The van der Waals surface area contributed by atoms with Crippen LogP contribution in [0.5, 0.6) is 0 Å². The summed E-state index contributed by atoms with van der Waals surface area (Å²) in [5.74, 6) is -2.94. The van der Waals surface area contributed by atoms with E-state index in [0.29, 0.717) is 32.0 Å². The smallest absolute Gasteiger partial charge is 0.410 e. The van der Waals surface area contributed by atoms with Gasteiger partial charge in [-0.25, -0.2) is 13.6 Å². The van der Waals surface area contributed by atoms with Crippen molar-refractivity contribution in [1.82, 2.24) is 9.80 Å². The number of rotatable bonds is 2. The van der Waals surface area contributed by atoms with Crippen LogP contribution in [0, 0.1) is 0 Å². The SMILES string of the molecule is CC(C)N1CCN(C(=O)O[C@H]2CCCC(F)(F)[C@@H]2N)CC1. The zero-order valence-corrected chi connectivity index (χ0v) is 12.7. The van der Waals surface area contributed by atoms with Gasteiger partial charge in [0.1, 0.15) is 12.1 Å². The Morgan fingerprint density at radius 2 is 1.90 bits per heavy atom. The molecular weight excluding hydrogens is 280 g/mol. The van der Waals surface area contributed by atoms with Gasteiger partial charge >= 0.3 is 6.09 Å². The van der Waals surface area contributed by atoms with E-state index >= 15 is 0 Å². The van der Waals surface area contributed by atoms with Crippen LogP contribution in [0.4, 0.5) is 13.6 Å². The summed E-state index contributed by atoms with van der Waals surface area (Å²) < 4.78 is 32.3. The van der Waals surface area contributed by atoms with E-state index in [4.69, 9.17) is 10.5 Å². The van der Waals surface area contributed by atoms with Gasteiger partial charge in [0.2, 0.25) is 0 Å². The van der Waals surface area contributed by atoms with Crippen molar-refractivity contribution in [2.45, 2.75) is 57.2 Å². The van der Waals surface area contributed by atoms with E-state index in [2.05, 4.69) is 18.7 Å². The Morgan fingerprint density at radius 3 is 2.48 bits per heavy atom.